The summed E-state index contributed by atoms with van der Waals surface area (Å²) in [5.74, 6) is 0. The lowest BCUT2D eigenvalue weighted by Crippen LogP contribution is -2.37. The van der Waals surface area contributed by atoms with Crippen LogP contribution in [0.15, 0.2) is 24.3 Å². The van der Waals surface area contributed by atoms with Crippen LogP contribution in [0.1, 0.15) is 45.7 Å². The largest absolute Gasteiger partial charge is 0.444 e. The van der Waals surface area contributed by atoms with E-state index in [2.05, 4.69) is 64.4 Å². The van der Waals surface area contributed by atoms with Crippen molar-refractivity contribution in [3.05, 3.63) is 33.4 Å². The van der Waals surface area contributed by atoms with Gasteiger partial charge in [0.2, 0.25) is 0 Å². The van der Waals surface area contributed by atoms with Crippen molar-refractivity contribution in [2.45, 2.75) is 57.8 Å². The van der Waals surface area contributed by atoms with Crippen LogP contribution in [0.2, 0.25) is 0 Å². The van der Waals surface area contributed by atoms with Crippen molar-refractivity contribution in [1.82, 2.24) is 10.6 Å². The van der Waals surface area contributed by atoms with E-state index in [-0.39, 0.29) is 18.2 Å². The van der Waals surface area contributed by atoms with Crippen LogP contribution in [0.4, 0.5) is 4.79 Å². The Kier molecular flexibility index (Phi) is 5.14. The van der Waals surface area contributed by atoms with Gasteiger partial charge in [-0.25, -0.2) is 4.79 Å². The average Bonchev–Trinajstić information content (AvgIpc) is 3.05. The first kappa shape index (κ1) is 16.5. The lowest BCUT2D eigenvalue weighted by atomic mass is 10.1. The Morgan fingerprint density at radius 2 is 1.90 bits per heavy atom. The first-order valence-electron chi connectivity index (χ1n) is 7.25. The highest BCUT2D eigenvalue weighted by molar-refractivity contribution is 14.1. The molecule has 1 amide bonds. The predicted molar refractivity (Wildman–Crippen MR) is 92.3 cm³/mol. The van der Waals surface area contributed by atoms with Gasteiger partial charge in [-0.3, -0.25) is 0 Å². The van der Waals surface area contributed by atoms with Crippen molar-refractivity contribution >= 4 is 28.7 Å². The molecule has 116 valence electrons. The highest BCUT2D eigenvalue weighted by atomic mass is 127. The van der Waals surface area contributed by atoms with Crippen molar-refractivity contribution in [2.24, 2.45) is 0 Å². The van der Waals surface area contributed by atoms with Gasteiger partial charge in [-0.15, -0.1) is 0 Å². The minimum Gasteiger partial charge on any atom is -0.444 e. The van der Waals surface area contributed by atoms with E-state index >= 15 is 0 Å². The van der Waals surface area contributed by atoms with E-state index < -0.39 is 5.60 Å². The van der Waals surface area contributed by atoms with E-state index in [0.717, 1.165) is 6.42 Å². The van der Waals surface area contributed by atoms with Crippen LogP contribution in [0, 0.1) is 3.57 Å². The second kappa shape index (κ2) is 6.52. The van der Waals surface area contributed by atoms with E-state index in [0.29, 0.717) is 6.04 Å². The summed E-state index contributed by atoms with van der Waals surface area (Å²) in [6, 6.07) is 9.26. The second-order valence-corrected chi connectivity index (χ2v) is 7.78. The van der Waals surface area contributed by atoms with Crippen LogP contribution >= 0.6 is 22.6 Å². The molecule has 5 heteroatoms. The van der Waals surface area contributed by atoms with Crippen LogP contribution in [0.5, 0.6) is 0 Å². The average molecular weight is 402 g/mol. The number of hydrogen-bond acceptors (Lipinski definition) is 3. The topological polar surface area (TPSA) is 50.4 Å². The van der Waals surface area contributed by atoms with Crippen molar-refractivity contribution in [3.63, 3.8) is 0 Å². The summed E-state index contributed by atoms with van der Waals surface area (Å²) in [6.07, 6.45) is 0.618. The number of alkyl carbamates (subject to hydrolysis) is 1. The maximum atomic E-state index is 11.7. The molecule has 1 fully saturated rings. The molecule has 3 atom stereocenters. The molecule has 0 radical (unpaired) electrons. The number of nitrogens with one attached hydrogen (secondary N) is 2. The monoisotopic (exact) mass is 402 g/mol. The van der Waals surface area contributed by atoms with Crippen molar-refractivity contribution in [3.8, 4) is 0 Å². The first-order valence-corrected chi connectivity index (χ1v) is 8.33. The summed E-state index contributed by atoms with van der Waals surface area (Å²) >= 11 is 2.30. The SMILES string of the molecule is CC(NC1CC1NC(=O)OC(C)(C)C)c1ccc(I)cc1. The van der Waals surface area contributed by atoms with Crippen LogP contribution in [-0.2, 0) is 4.74 Å². The van der Waals surface area contributed by atoms with Crippen molar-refractivity contribution in [2.75, 3.05) is 0 Å². The summed E-state index contributed by atoms with van der Waals surface area (Å²) < 4.78 is 6.50. The van der Waals surface area contributed by atoms with Gasteiger partial charge in [0.15, 0.2) is 0 Å². The lowest BCUT2D eigenvalue weighted by molar-refractivity contribution is 0.0522. The number of ether oxygens (including phenoxy) is 1. The van der Waals surface area contributed by atoms with Gasteiger partial charge in [0.05, 0.1) is 0 Å². The Labute approximate surface area is 140 Å². The Bertz CT molecular complexity index is 496. The summed E-state index contributed by atoms with van der Waals surface area (Å²) in [5, 5.41) is 6.44. The number of rotatable bonds is 4. The fourth-order valence-corrected chi connectivity index (χ4v) is 2.53. The quantitative estimate of drug-likeness (QED) is 0.757. The maximum Gasteiger partial charge on any atom is 0.407 e. The molecule has 4 nitrogen and oxygen atoms in total. The molecule has 1 aliphatic rings. The highest BCUT2D eigenvalue weighted by Gasteiger charge is 2.39. The fraction of sp³-hybridized carbons (Fsp3) is 0.562. The van der Waals surface area contributed by atoms with Gasteiger partial charge in [-0.2, -0.15) is 0 Å². The number of hydrogen-bond donors (Lipinski definition) is 2. The fourth-order valence-electron chi connectivity index (χ4n) is 2.17. The first-order chi connectivity index (χ1) is 9.74. The van der Waals surface area contributed by atoms with E-state index in [1.165, 1.54) is 9.13 Å². The number of carbonyl (C=O) groups is 1. The van der Waals surface area contributed by atoms with Gasteiger partial charge in [0.1, 0.15) is 5.60 Å². The molecule has 0 aliphatic heterocycles. The number of halogens is 1. The number of benzene rings is 1. The van der Waals surface area contributed by atoms with E-state index in [9.17, 15) is 4.79 Å². The Morgan fingerprint density at radius 1 is 1.29 bits per heavy atom. The minimum absolute atomic E-state index is 0.172. The van der Waals surface area contributed by atoms with E-state index in [4.69, 9.17) is 4.74 Å². The van der Waals surface area contributed by atoms with Crippen LogP contribution in [-0.4, -0.2) is 23.8 Å². The van der Waals surface area contributed by atoms with E-state index in [1.54, 1.807) is 0 Å². The van der Waals surface area contributed by atoms with Crippen LogP contribution in [0.25, 0.3) is 0 Å². The second-order valence-electron chi connectivity index (χ2n) is 6.53. The van der Waals surface area contributed by atoms with Crippen molar-refractivity contribution < 1.29 is 9.53 Å². The van der Waals surface area contributed by atoms with Crippen LogP contribution in [0.3, 0.4) is 0 Å². The minimum atomic E-state index is -0.448. The van der Waals surface area contributed by atoms with Gasteiger partial charge < -0.3 is 15.4 Å². The number of carbonyl (C=O) groups excluding carboxylic acids is 1. The third-order valence-corrected chi connectivity index (χ3v) is 4.05. The lowest BCUT2D eigenvalue weighted by Gasteiger charge is -2.20. The zero-order chi connectivity index (χ0) is 15.6. The molecule has 0 saturated heterocycles. The molecule has 0 spiro atoms. The Hall–Kier alpha value is -0.820. The van der Waals surface area contributed by atoms with Gasteiger partial charge in [0, 0.05) is 21.7 Å². The van der Waals surface area contributed by atoms with Gasteiger partial charge in [0.25, 0.3) is 0 Å². The van der Waals surface area contributed by atoms with Gasteiger partial charge >= 0.3 is 6.09 Å². The molecule has 1 aliphatic carbocycles. The normalized spacial score (nSPS) is 22.5. The predicted octanol–water partition coefficient (Wildman–Crippen LogP) is 3.61. The number of amides is 1. The van der Waals surface area contributed by atoms with Crippen molar-refractivity contribution in [1.29, 1.82) is 0 Å². The highest BCUT2D eigenvalue weighted by Crippen LogP contribution is 2.26. The molecular weight excluding hydrogens is 379 g/mol. The molecule has 1 aromatic carbocycles. The summed E-state index contributed by atoms with van der Waals surface area (Å²) in [6.45, 7) is 7.75. The molecular formula is C16H23IN2O2. The van der Waals surface area contributed by atoms with Gasteiger partial charge in [-0.1, -0.05) is 12.1 Å². The third kappa shape index (κ3) is 5.47. The molecule has 2 N–H and O–H groups in total. The van der Waals surface area contributed by atoms with Gasteiger partial charge in [-0.05, 0) is 74.4 Å². The van der Waals surface area contributed by atoms with E-state index in [1.807, 2.05) is 20.8 Å². The zero-order valence-electron chi connectivity index (χ0n) is 12.9. The molecule has 1 saturated carbocycles. The summed E-state index contributed by atoms with van der Waals surface area (Å²) in [4.78, 5) is 11.7. The third-order valence-electron chi connectivity index (χ3n) is 3.33. The molecule has 0 heterocycles. The molecule has 0 aromatic heterocycles. The smallest absolute Gasteiger partial charge is 0.407 e. The zero-order valence-corrected chi connectivity index (χ0v) is 15.1. The molecule has 1 aromatic rings. The summed E-state index contributed by atoms with van der Waals surface area (Å²) in [5.41, 5.74) is 0.814. The summed E-state index contributed by atoms with van der Waals surface area (Å²) in [7, 11) is 0. The Morgan fingerprint density at radius 3 is 2.48 bits per heavy atom. The maximum absolute atomic E-state index is 11.7. The molecule has 2 rings (SSSR count). The van der Waals surface area contributed by atoms with Crippen LogP contribution < -0.4 is 10.6 Å². The molecule has 3 unspecified atom stereocenters. The Balaban J connectivity index is 1.76. The molecule has 21 heavy (non-hydrogen) atoms. The molecule has 0 bridgehead atoms. The standard InChI is InChI=1S/C16H23IN2O2/c1-10(11-5-7-12(17)8-6-11)18-13-9-14(13)19-15(20)21-16(2,3)4/h5-8,10,13-14,18H,9H2,1-4H3,(H,19,20).